The zero-order chi connectivity index (χ0) is 23.3. The van der Waals surface area contributed by atoms with Gasteiger partial charge in [0.25, 0.3) is 0 Å². The molecule has 0 saturated carbocycles. The van der Waals surface area contributed by atoms with Crippen LogP contribution in [0.2, 0.25) is 0 Å². The topological polar surface area (TPSA) is 76.4 Å². The van der Waals surface area contributed by atoms with Gasteiger partial charge in [-0.1, -0.05) is 47.5 Å². The van der Waals surface area contributed by atoms with Gasteiger partial charge in [-0.15, -0.1) is 0 Å². The Morgan fingerprint density at radius 2 is 1.62 bits per heavy atom. The van der Waals surface area contributed by atoms with Crippen LogP contribution in [0.15, 0.2) is 65.6 Å². The lowest BCUT2D eigenvalue weighted by molar-refractivity contribution is 0.327. The van der Waals surface area contributed by atoms with E-state index in [9.17, 15) is 13.7 Å². The van der Waals surface area contributed by atoms with Crippen molar-refractivity contribution < 1.29 is 17.3 Å². The first-order valence-corrected chi connectivity index (χ1v) is 12.4. The summed E-state index contributed by atoms with van der Waals surface area (Å²) in [4.78, 5) is 0.0662. The predicted octanol–water partition coefficient (Wildman–Crippen LogP) is 6.14. The molecule has 0 spiro atoms. The quantitative estimate of drug-likeness (QED) is 0.151. The van der Waals surface area contributed by atoms with Crippen molar-refractivity contribution >= 4 is 44.4 Å². The number of nitrogens with zero attached hydrogens (tertiary/aromatic N) is 1. The maximum absolute atomic E-state index is 12.8. The number of ether oxygens (including phenoxy) is 1. The number of benzene rings is 3. The second-order valence-electron chi connectivity index (χ2n) is 7.15. The van der Waals surface area contributed by atoms with E-state index in [2.05, 4.69) is 6.07 Å². The van der Waals surface area contributed by atoms with E-state index in [1.165, 1.54) is 12.1 Å². The fraction of sp³-hybridized carbons (Fsp3) is 0.160. The lowest BCUT2D eigenvalue weighted by atomic mass is 10.0. The Hall–Kier alpha value is -2.83. The number of rotatable bonds is 7. The summed E-state index contributed by atoms with van der Waals surface area (Å²) < 4.78 is 37.3. The molecule has 5 nitrogen and oxygen atoms in total. The van der Waals surface area contributed by atoms with Crippen LogP contribution in [0.3, 0.4) is 0 Å². The smallest absolute Gasteiger partial charge is 0.339 e. The molecule has 0 aromatic heterocycles. The van der Waals surface area contributed by atoms with Gasteiger partial charge in [0.2, 0.25) is 0 Å². The van der Waals surface area contributed by atoms with E-state index in [0.29, 0.717) is 27.1 Å². The van der Waals surface area contributed by atoms with Gasteiger partial charge in [-0.3, -0.25) is 0 Å². The molecule has 0 unspecified atom stereocenters. The number of hydrogen-bond acceptors (Lipinski definition) is 5. The Bertz CT molecular complexity index is 1290. The molecule has 164 valence electrons. The van der Waals surface area contributed by atoms with Crippen molar-refractivity contribution in [2.45, 2.75) is 25.7 Å². The maximum Gasteiger partial charge on any atom is 0.339 e. The van der Waals surface area contributed by atoms with Crippen molar-refractivity contribution in [3.05, 3.63) is 86.5 Å². The molecule has 0 N–H and O–H groups in total. The van der Waals surface area contributed by atoms with Crippen LogP contribution in [0.1, 0.15) is 29.2 Å². The standard InChI is InChI=1S/C25H22INO4S/c1-4-30-24-15-19(13-21(16-27)20-9-5-17(2)6-10-20)14-23(26)25(24)31-32(28,29)22-11-7-18(3)8-12-22/h5-15H,4H2,1-3H3/b21-13+. The Kier molecular flexibility index (Phi) is 7.59. The summed E-state index contributed by atoms with van der Waals surface area (Å²) in [5.41, 5.74) is 4.05. The Labute approximate surface area is 202 Å². The molecular formula is C25H22INO4S. The summed E-state index contributed by atoms with van der Waals surface area (Å²) >= 11 is 2.01. The molecular weight excluding hydrogens is 537 g/mol. The fourth-order valence-corrected chi connectivity index (χ4v) is 4.80. The van der Waals surface area contributed by atoms with Crippen LogP contribution in [0, 0.1) is 28.7 Å². The van der Waals surface area contributed by atoms with Gasteiger partial charge in [-0.2, -0.15) is 13.7 Å². The molecule has 0 atom stereocenters. The number of aryl methyl sites for hydroxylation is 2. The summed E-state index contributed by atoms with van der Waals surface area (Å²) in [7, 11) is -4.03. The van der Waals surface area contributed by atoms with Crippen LogP contribution in [-0.2, 0) is 10.1 Å². The lowest BCUT2D eigenvalue weighted by Gasteiger charge is -2.15. The van der Waals surface area contributed by atoms with Crippen molar-refractivity contribution in [1.82, 2.24) is 0 Å². The second kappa shape index (κ2) is 10.2. The van der Waals surface area contributed by atoms with Crippen molar-refractivity contribution in [3.63, 3.8) is 0 Å². The monoisotopic (exact) mass is 559 g/mol. The minimum Gasteiger partial charge on any atom is -0.490 e. The van der Waals surface area contributed by atoms with Crippen molar-refractivity contribution in [2.24, 2.45) is 0 Å². The molecule has 32 heavy (non-hydrogen) atoms. The average molecular weight is 559 g/mol. The third kappa shape index (κ3) is 5.69. The van der Waals surface area contributed by atoms with Crippen molar-refractivity contribution in [3.8, 4) is 17.6 Å². The van der Waals surface area contributed by atoms with E-state index in [1.54, 1.807) is 37.3 Å². The molecule has 0 fully saturated rings. The first kappa shape index (κ1) is 23.8. The molecule has 0 amide bonds. The highest BCUT2D eigenvalue weighted by Crippen LogP contribution is 2.37. The van der Waals surface area contributed by atoms with E-state index in [4.69, 9.17) is 8.92 Å². The number of halogens is 1. The average Bonchev–Trinajstić information content (AvgIpc) is 2.75. The molecule has 7 heteroatoms. The highest BCUT2D eigenvalue weighted by molar-refractivity contribution is 14.1. The summed E-state index contributed by atoms with van der Waals surface area (Å²) in [5.74, 6) is 0.418. The van der Waals surface area contributed by atoms with Gasteiger partial charge in [0.1, 0.15) is 4.90 Å². The minimum atomic E-state index is -4.03. The zero-order valence-electron chi connectivity index (χ0n) is 17.9. The van der Waals surface area contributed by atoms with Gasteiger partial charge in [-0.05, 0) is 84.8 Å². The lowest BCUT2D eigenvalue weighted by Crippen LogP contribution is -2.12. The van der Waals surface area contributed by atoms with Crippen LogP contribution in [0.4, 0.5) is 0 Å². The molecule has 3 aromatic rings. The van der Waals surface area contributed by atoms with E-state index < -0.39 is 10.1 Å². The van der Waals surface area contributed by atoms with Crippen LogP contribution < -0.4 is 8.92 Å². The van der Waals surface area contributed by atoms with Crippen molar-refractivity contribution in [2.75, 3.05) is 6.61 Å². The van der Waals surface area contributed by atoms with Crippen LogP contribution in [-0.4, -0.2) is 15.0 Å². The Morgan fingerprint density at radius 3 is 2.19 bits per heavy atom. The summed E-state index contributed by atoms with van der Waals surface area (Å²) in [6.07, 6.45) is 1.74. The largest absolute Gasteiger partial charge is 0.490 e. The normalized spacial score (nSPS) is 11.7. The van der Waals surface area contributed by atoms with E-state index in [-0.39, 0.29) is 10.6 Å². The predicted molar refractivity (Wildman–Crippen MR) is 134 cm³/mol. The molecule has 0 radical (unpaired) electrons. The van der Waals surface area contributed by atoms with E-state index in [1.807, 2.05) is 60.7 Å². The third-order valence-electron chi connectivity index (χ3n) is 4.63. The number of nitriles is 1. The maximum atomic E-state index is 12.8. The molecule has 0 saturated heterocycles. The number of allylic oxidation sites excluding steroid dienone is 1. The van der Waals surface area contributed by atoms with Gasteiger partial charge >= 0.3 is 10.1 Å². The van der Waals surface area contributed by atoms with E-state index >= 15 is 0 Å². The van der Waals surface area contributed by atoms with Gasteiger partial charge in [-0.25, -0.2) is 0 Å². The van der Waals surface area contributed by atoms with Gasteiger partial charge in [0.05, 0.1) is 21.8 Å². The van der Waals surface area contributed by atoms with E-state index in [0.717, 1.165) is 16.7 Å². The van der Waals surface area contributed by atoms with Crippen LogP contribution in [0.25, 0.3) is 11.6 Å². The summed E-state index contributed by atoms with van der Waals surface area (Å²) in [6, 6.07) is 19.8. The van der Waals surface area contributed by atoms with Gasteiger partial charge in [0, 0.05) is 0 Å². The molecule has 3 rings (SSSR count). The molecule has 0 aliphatic heterocycles. The highest BCUT2D eigenvalue weighted by atomic mass is 127. The summed E-state index contributed by atoms with van der Waals surface area (Å²) in [5, 5.41) is 9.65. The van der Waals surface area contributed by atoms with Gasteiger partial charge in [0.15, 0.2) is 11.5 Å². The Morgan fingerprint density at radius 1 is 1.03 bits per heavy atom. The zero-order valence-corrected chi connectivity index (χ0v) is 20.9. The SMILES string of the molecule is CCOc1cc(/C=C(\C#N)c2ccc(C)cc2)cc(I)c1OS(=O)(=O)c1ccc(C)cc1. The molecule has 0 aliphatic carbocycles. The molecule has 0 bridgehead atoms. The molecule has 0 heterocycles. The first-order valence-electron chi connectivity index (χ1n) is 9.90. The van der Waals surface area contributed by atoms with Crippen LogP contribution >= 0.6 is 22.6 Å². The van der Waals surface area contributed by atoms with Gasteiger partial charge < -0.3 is 8.92 Å². The minimum absolute atomic E-state index is 0.0662. The van der Waals surface area contributed by atoms with Crippen molar-refractivity contribution in [1.29, 1.82) is 5.26 Å². The molecule has 0 aliphatic rings. The molecule has 3 aromatic carbocycles. The number of hydrogen-bond donors (Lipinski definition) is 0. The van der Waals surface area contributed by atoms with Crippen LogP contribution in [0.5, 0.6) is 11.5 Å². The third-order valence-corrected chi connectivity index (χ3v) is 6.67. The Balaban J connectivity index is 2.02. The fourth-order valence-electron chi connectivity index (χ4n) is 2.96. The first-order chi connectivity index (χ1) is 15.2. The summed E-state index contributed by atoms with van der Waals surface area (Å²) in [6.45, 7) is 6.00. The second-order valence-corrected chi connectivity index (χ2v) is 9.86. The highest BCUT2D eigenvalue weighted by Gasteiger charge is 2.22.